The second-order valence-electron chi connectivity index (χ2n) is 1.84. The first-order chi connectivity index (χ1) is 4.33. The molecular weight excluding hydrogens is 128 g/mol. The standard InChI is InChI=1S/C6H12.CH6OSi/c1-3-5-6-4-2;1-2-3/h3H,1,4-6H2,2H3;1,3H3. The molecule has 0 bridgehead atoms. The van der Waals surface area contributed by atoms with Crippen molar-refractivity contribution in [3.63, 3.8) is 0 Å². The zero-order valence-corrected chi connectivity index (χ0v) is 8.81. The lowest BCUT2D eigenvalue weighted by Gasteiger charge is -1.81. The van der Waals surface area contributed by atoms with Crippen LogP contribution in [-0.4, -0.2) is 17.6 Å². The zero-order valence-electron chi connectivity index (χ0n) is 6.81. The average molecular weight is 146 g/mol. The predicted octanol–water partition coefficient (Wildman–Crippen LogP) is 1.28. The third kappa shape index (κ3) is 32.6. The van der Waals surface area contributed by atoms with Crippen LogP contribution in [0.4, 0.5) is 0 Å². The predicted molar refractivity (Wildman–Crippen MR) is 46.7 cm³/mol. The van der Waals surface area contributed by atoms with Gasteiger partial charge in [-0.05, 0) is 6.42 Å². The molecule has 2 heteroatoms. The van der Waals surface area contributed by atoms with E-state index in [0.29, 0.717) is 0 Å². The lowest BCUT2D eigenvalue weighted by atomic mass is 10.3. The summed E-state index contributed by atoms with van der Waals surface area (Å²) in [4.78, 5) is 0. The van der Waals surface area contributed by atoms with Gasteiger partial charge in [-0.25, -0.2) is 0 Å². The molecule has 0 heterocycles. The van der Waals surface area contributed by atoms with Gasteiger partial charge >= 0.3 is 0 Å². The molecule has 0 rings (SSSR count). The molecular formula is C7H18OSi. The largest absolute Gasteiger partial charge is 0.431 e. The summed E-state index contributed by atoms with van der Waals surface area (Å²) in [6.45, 7) is 5.78. The minimum absolute atomic E-state index is 0.869. The zero-order chi connectivity index (χ0) is 7.54. The van der Waals surface area contributed by atoms with Gasteiger partial charge in [0.15, 0.2) is 0 Å². The molecule has 0 aromatic carbocycles. The summed E-state index contributed by atoms with van der Waals surface area (Å²) in [6, 6.07) is 0. The van der Waals surface area contributed by atoms with Gasteiger partial charge in [-0.15, -0.1) is 6.58 Å². The van der Waals surface area contributed by atoms with Gasteiger partial charge in [-0.3, -0.25) is 0 Å². The Balaban J connectivity index is 0. The SMILES string of the molecule is C=CCCCC.CO[SiH3]. The van der Waals surface area contributed by atoms with Crippen molar-refractivity contribution in [2.45, 2.75) is 26.2 Å². The second-order valence-corrected chi connectivity index (χ2v) is 2.66. The normalized spacial score (nSPS) is 7.78. The fourth-order valence-electron chi connectivity index (χ4n) is 0.348. The van der Waals surface area contributed by atoms with E-state index in [4.69, 9.17) is 0 Å². The van der Waals surface area contributed by atoms with E-state index in [9.17, 15) is 0 Å². The van der Waals surface area contributed by atoms with Gasteiger partial charge in [0.25, 0.3) is 0 Å². The maximum atomic E-state index is 4.39. The third-order valence-electron chi connectivity index (χ3n) is 0.762. The highest BCUT2D eigenvalue weighted by Gasteiger charge is 1.71. The molecule has 0 radical (unpaired) electrons. The number of allylic oxidation sites excluding steroid dienone is 1. The van der Waals surface area contributed by atoms with E-state index < -0.39 is 0 Å². The molecule has 0 spiro atoms. The Hall–Kier alpha value is -0.0831. The quantitative estimate of drug-likeness (QED) is 0.331. The smallest absolute Gasteiger partial charge is 0.145 e. The molecule has 0 amide bonds. The van der Waals surface area contributed by atoms with E-state index in [1.165, 1.54) is 19.3 Å². The van der Waals surface area contributed by atoms with Crippen molar-refractivity contribution in [3.8, 4) is 0 Å². The van der Waals surface area contributed by atoms with Crippen LogP contribution in [-0.2, 0) is 4.43 Å². The maximum Gasteiger partial charge on any atom is 0.145 e. The van der Waals surface area contributed by atoms with Crippen LogP contribution in [0.5, 0.6) is 0 Å². The first-order valence-electron chi connectivity index (χ1n) is 3.34. The van der Waals surface area contributed by atoms with Gasteiger partial charge in [-0.2, -0.15) is 0 Å². The molecule has 0 aliphatic rings. The van der Waals surface area contributed by atoms with Crippen LogP contribution in [0.1, 0.15) is 26.2 Å². The van der Waals surface area contributed by atoms with Crippen LogP contribution in [0.3, 0.4) is 0 Å². The fraction of sp³-hybridized carbons (Fsp3) is 0.714. The van der Waals surface area contributed by atoms with Crippen molar-refractivity contribution in [1.29, 1.82) is 0 Å². The van der Waals surface area contributed by atoms with E-state index in [0.717, 1.165) is 10.5 Å². The molecule has 0 fully saturated rings. The Bertz CT molecular complexity index is 46.2. The van der Waals surface area contributed by atoms with Gasteiger partial charge in [0, 0.05) is 7.11 Å². The summed E-state index contributed by atoms with van der Waals surface area (Å²) >= 11 is 0. The van der Waals surface area contributed by atoms with Crippen molar-refractivity contribution in [2.24, 2.45) is 0 Å². The van der Waals surface area contributed by atoms with Crippen LogP contribution in [0.2, 0.25) is 0 Å². The summed E-state index contributed by atoms with van der Waals surface area (Å²) in [5.41, 5.74) is 0. The van der Waals surface area contributed by atoms with Gasteiger partial charge < -0.3 is 4.43 Å². The summed E-state index contributed by atoms with van der Waals surface area (Å²) in [5.74, 6) is 0. The highest BCUT2D eigenvalue weighted by molar-refractivity contribution is 5.97. The summed E-state index contributed by atoms with van der Waals surface area (Å²) in [5, 5.41) is 0. The Morgan fingerprint density at radius 2 is 2.11 bits per heavy atom. The maximum absolute atomic E-state index is 4.39. The van der Waals surface area contributed by atoms with Gasteiger partial charge in [0.05, 0.1) is 0 Å². The van der Waals surface area contributed by atoms with Gasteiger partial charge in [0.1, 0.15) is 10.5 Å². The van der Waals surface area contributed by atoms with Crippen LogP contribution in [0, 0.1) is 0 Å². The Morgan fingerprint density at radius 1 is 1.67 bits per heavy atom. The molecule has 1 nitrogen and oxygen atoms in total. The first kappa shape index (κ1) is 11.7. The molecule has 0 unspecified atom stereocenters. The number of rotatable bonds is 3. The first-order valence-corrected chi connectivity index (χ1v) is 4.16. The molecule has 0 saturated heterocycles. The van der Waals surface area contributed by atoms with Gasteiger partial charge in [-0.1, -0.05) is 25.8 Å². The molecule has 0 aliphatic carbocycles. The minimum atomic E-state index is 0.869. The fourth-order valence-corrected chi connectivity index (χ4v) is 0.348. The minimum Gasteiger partial charge on any atom is -0.431 e. The van der Waals surface area contributed by atoms with E-state index in [-0.39, 0.29) is 0 Å². The van der Waals surface area contributed by atoms with E-state index >= 15 is 0 Å². The van der Waals surface area contributed by atoms with Crippen LogP contribution in [0.25, 0.3) is 0 Å². The van der Waals surface area contributed by atoms with Gasteiger partial charge in [0.2, 0.25) is 0 Å². The Labute approximate surface area is 61.7 Å². The Morgan fingerprint density at radius 3 is 2.22 bits per heavy atom. The van der Waals surface area contributed by atoms with Crippen molar-refractivity contribution in [3.05, 3.63) is 12.7 Å². The van der Waals surface area contributed by atoms with Crippen molar-refractivity contribution >= 4 is 10.5 Å². The summed E-state index contributed by atoms with van der Waals surface area (Å²) in [6.07, 6.45) is 5.72. The molecule has 0 N–H and O–H groups in total. The number of hydrogen-bond donors (Lipinski definition) is 0. The van der Waals surface area contributed by atoms with E-state index in [1.807, 2.05) is 6.08 Å². The molecule has 0 aromatic heterocycles. The average Bonchev–Trinajstić information content (AvgIpc) is 1.86. The van der Waals surface area contributed by atoms with Crippen molar-refractivity contribution in [1.82, 2.24) is 0 Å². The number of unbranched alkanes of at least 4 members (excludes halogenated alkanes) is 2. The second kappa shape index (κ2) is 15.7. The summed E-state index contributed by atoms with van der Waals surface area (Å²) < 4.78 is 4.39. The van der Waals surface area contributed by atoms with Crippen molar-refractivity contribution < 1.29 is 4.43 Å². The lowest BCUT2D eigenvalue weighted by molar-refractivity contribution is 0.460. The van der Waals surface area contributed by atoms with Crippen molar-refractivity contribution in [2.75, 3.05) is 7.11 Å². The van der Waals surface area contributed by atoms with E-state index in [2.05, 4.69) is 17.9 Å². The topological polar surface area (TPSA) is 9.23 Å². The Kier molecular flexibility index (Phi) is 20.3. The molecule has 0 aliphatic heterocycles. The monoisotopic (exact) mass is 146 g/mol. The highest BCUT2D eigenvalue weighted by Crippen LogP contribution is 1.91. The molecule has 0 atom stereocenters. The number of hydrogen-bond acceptors (Lipinski definition) is 1. The molecule has 0 saturated carbocycles. The van der Waals surface area contributed by atoms with Crippen LogP contribution < -0.4 is 0 Å². The lowest BCUT2D eigenvalue weighted by Crippen LogP contribution is -1.61. The summed E-state index contributed by atoms with van der Waals surface area (Å²) in [7, 11) is 2.56. The molecule has 56 valence electrons. The third-order valence-corrected chi connectivity index (χ3v) is 0.762. The molecule has 9 heavy (non-hydrogen) atoms. The van der Waals surface area contributed by atoms with Crippen LogP contribution in [0.15, 0.2) is 12.7 Å². The van der Waals surface area contributed by atoms with E-state index in [1.54, 1.807) is 7.11 Å². The van der Waals surface area contributed by atoms with Crippen LogP contribution >= 0.6 is 0 Å². The molecule has 0 aromatic rings. The highest BCUT2D eigenvalue weighted by atomic mass is 28.2.